The van der Waals surface area contributed by atoms with Gasteiger partial charge in [-0.15, -0.1) is 0 Å². The molecule has 3 N–H and O–H groups in total. The molecule has 0 radical (unpaired) electrons. The van der Waals surface area contributed by atoms with Crippen LogP contribution in [0.3, 0.4) is 0 Å². The second-order valence-electron chi connectivity index (χ2n) is 2.66. The molecule has 0 aromatic carbocycles. The van der Waals surface area contributed by atoms with Gasteiger partial charge in [0.15, 0.2) is 5.69 Å². The Kier molecular flexibility index (Phi) is 2.98. The van der Waals surface area contributed by atoms with Gasteiger partial charge in [0.25, 0.3) is 12.3 Å². The predicted octanol–water partition coefficient (Wildman–Crippen LogP) is -0.0547. The molecule has 6 nitrogen and oxygen atoms in total. The van der Waals surface area contributed by atoms with Gasteiger partial charge in [0.05, 0.1) is 0 Å². The number of alkyl halides is 2. The van der Waals surface area contributed by atoms with Crippen molar-refractivity contribution in [3.8, 4) is 0 Å². The predicted molar refractivity (Wildman–Crippen MR) is 43.7 cm³/mol. The van der Waals surface area contributed by atoms with E-state index >= 15 is 0 Å². The van der Waals surface area contributed by atoms with E-state index in [1.54, 1.807) is 0 Å². The lowest BCUT2D eigenvalue weighted by molar-refractivity contribution is 0.0671. The lowest BCUT2D eigenvalue weighted by Gasteiger charge is -2.01. The minimum atomic E-state index is -2.76. The van der Waals surface area contributed by atoms with E-state index in [4.69, 9.17) is 10.8 Å². The number of carboxylic acids is 1. The lowest BCUT2D eigenvalue weighted by Crippen LogP contribution is -2.16. The van der Waals surface area contributed by atoms with Crippen LogP contribution in [0.25, 0.3) is 0 Å². The van der Waals surface area contributed by atoms with Gasteiger partial charge in [0.1, 0.15) is 12.2 Å². The Morgan fingerprint density at radius 3 is 2.60 bits per heavy atom. The van der Waals surface area contributed by atoms with Crippen LogP contribution in [0.4, 0.5) is 8.78 Å². The summed E-state index contributed by atoms with van der Waals surface area (Å²) >= 11 is 0. The lowest BCUT2D eigenvalue weighted by atomic mass is 10.3. The summed E-state index contributed by atoms with van der Waals surface area (Å²) in [6, 6.07) is 0.854. The number of hydrogen-bond donors (Lipinski definition) is 2. The van der Waals surface area contributed by atoms with Crippen molar-refractivity contribution in [2.24, 2.45) is 5.73 Å². The largest absolute Gasteiger partial charge is 0.477 e. The van der Waals surface area contributed by atoms with Crippen LogP contribution >= 0.6 is 0 Å². The number of halogens is 2. The van der Waals surface area contributed by atoms with Crippen LogP contribution in [0.1, 0.15) is 21.0 Å². The minimum Gasteiger partial charge on any atom is -0.477 e. The number of carboxylic acid groups (broad SMARTS) is 1. The zero-order valence-electron chi connectivity index (χ0n) is 7.35. The average Bonchev–Trinajstić information content (AvgIpc) is 2.46. The third kappa shape index (κ3) is 2.48. The first-order valence-electron chi connectivity index (χ1n) is 3.81. The van der Waals surface area contributed by atoms with Crippen LogP contribution in [0.15, 0.2) is 6.07 Å². The smallest absolute Gasteiger partial charge is 0.354 e. The summed E-state index contributed by atoms with van der Waals surface area (Å²) < 4.78 is 24.5. The molecule has 0 bridgehead atoms. The fourth-order valence-electron chi connectivity index (χ4n) is 0.979. The van der Waals surface area contributed by atoms with Crippen molar-refractivity contribution in [3.05, 3.63) is 17.5 Å². The standard InChI is InChI=1S/C7H7F2N3O3/c8-5(9)2-12-4(7(14)15)1-3(11-12)6(10)13/h1,5H,2H2,(H2,10,13)(H,14,15). The molecule has 0 saturated carbocycles. The highest BCUT2D eigenvalue weighted by Gasteiger charge is 2.19. The van der Waals surface area contributed by atoms with Crippen molar-refractivity contribution in [3.63, 3.8) is 0 Å². The number of aromatic carboxylic acids is 1. The molecule has 1 aromatic heterocycles. The molecule has 8 heteroatoms. The molecule has 0 aliphatic heterocycles. The number of primary amides is 1. The maximum atomic E-state index is 12.0. The quantitative estimate of drug-likeness (QED) is 0.741. The molecular weight excluding hydrogens is 212 g/mol. The monoisotopic (exact) mass is 219 g/mol. The Morgan fingerprint density at radius 2 is 2.20 bits per heavy atom. The summed E-state index contributed by atoms with van der Waals surface area (Å²) in [5, 5.41) is 12.0. The van der Waals surface area contributed by atoms with Gasteiger partial charge >= 0.3 is 5.97 Å². The second-order valence-corrected chi connectivity index (χ2v) is 2.66. The molecule has 0 atom stereocenters. The molecule has 1 heterocycles. The van der Waals surface area contributed by atoms with E-state index in [-0.39, 0.29) is 5.69 Å². The molecule has 1 amide bonds. The van der Waals surface area contributed by atoms with Crippen LogP contribution in [-0.2, 0) is 6.54 Å². The van der Waals surface area contributed by atoms with E-state index in [0.717, 1.165) is 6.07 Å². The van der Waals surface area contributed by atoms with E-state index in [0.29, 0.717) is 4.68 Å². The number of aromatic nitrogens is 2. The summed E-state index contributed by atoms with van der Waals surface area (Å²) in [6.07, 6.45) is -2.76. The van der Waals surface area contributed by atoms with Gasteiger partial charge in [0.2, 0.25) is 0 Å². The van der Waals surface area contributed by atoms with Gasteiger partial charge in [0, 0.05) is 6.07 Å². The third-order valence-corrected chi connectivity index (χ3v) is 1.56. The highest BCUT2D eigenvalue weighted by molar-refractivity contribution is 5.94. The Hall–Kier alpha value is -1.99. The first-order valence-corrected chi connectivity index (χ1v) is 3.81. The van der Waals surface area contributed by atoms with Crippen molar-refractivity contribution in [1.29, 1.82) is 0 Å². The van der Waals surface area contributed by atoms with E-state index in [9.17, 15) is 18.4 Å². The fraction of sp³-hybridized carbons (Fsp3) is 0.286. The van der Waals surface area contributed by atoms with Gasteiger partial charge in [-0.1, -0.05) is 0 Å². The number of carbonyl (C=O) groups excluding carboxylic acids is 1. The highest BCUT2D eigenvalue weighted by Crippen LogP contribution is 2.07. The third-order valence-electron chi connectivity index (χ3n) is 1.56. The maximum Gasteiger partial charge on any atom is 0.354 e. The van der Waals surface area contributed by atoms with Gasteiger partial charge < -0.3 is 10.8 Å². The SMILES string of the molecule is NC(=O)c1cc(C(=O)O)n(CC(F)F)n1. The average molecular weight is 219 g/mol. The summed E-state index contributed by atoms with van der Waals surface area (Å²) in [5.41, 5.74) is 3.98. The first-order chi connectivity index (χ1) is 6.91. The Morgan fingerprint density at radius 1 is 1.60 bits per heavy atom. The van der Waals surface area contributed by atoms with Crippen molar-refractivity contribution in [2.75, 3.05) is 0 Å². The van der Waals surface area contributed by atoms with Crippen LogP contribution in [-0.4, -0.2) is 33.2 Å². The number of hydrogen-bond acceptors (Lipinski definition) is 3. The number of nitrogens with zero attached hydrogens (tertiary/aromatic N) is 2. The van der Waals surface area contributed by atoms with Crippen molar-refractivity contribution in [2.45, 2.75) is 13.0 Å². The van der Waals surface area contributed by atoms with Gasteiger partial charge in [-0.25, -0.2) is 13.6 Å². The topological polar surface area (TPSA) is 98.2 Å². The van der Waals surface area contributed by atoms with Crippen LogP contribution in [0, 0.1) is 0 Å². The summed E-state index contributed by atoms with van der Waals surface area (Å²) in [4.78, 5) is 21.2. The Bertz CT molecular complexity index is 402. The van der Waals surface area contributed by atoms with Crippen LogP contribution < -0.4 is 5.73 Å². The molecule has 0 aliphatic rings. The summed E-state index contributed by atoms with van der Waals surface area (Å²) in [6.45, 7) is -0.894. The Labute approximate surface area is 82.3 Å². The van der Waals surface area contributed by atoms with E-state index in [1.807, 2.05) is 0 Å². The molecule has 0 aliphatic carbocycles. The summed E-state index contributed by atoms with van der Waals surface area (Å²) in [5.74, 6) is -2.42. The zero-order chi connectivity index (χ0) is 11.6. The molecule has 0 saturated heterocycles. The molecule has 82 valence electrons. The molecule has 1 aromatic rings. The van der Waals surface area contributed by atoms with Gasteiger partial charge in [-0.2, -0.15) is 5.10 Å². The zero-order valence-corrected chi connectivity index (χ0v) is 7.35. The molecule has 15 heavy (non-hydrogen) atoms. The number of rotatable bonds is 4. The van der Waals surface area contributed by atoms with E-state index in [2.05, 4.69) is 5.10 Å². The molecule has 1 rings (SSSR count). The van der Waals surface area contributed by atoms with Gasteiger partial charge in [-0.3, -0.25) is 9.48 Å². The second kappa shape index (κ2) is 4.03. The van der Waals surface area contributed by atoms with Crippen LogP contribution in [0.2, 0.25) is 0 Å². The number of carbonyl (C=O) groups is 2. The molecular formula is C7H7F2N3O3. The van der Waals surface area contributed by atoms with Crippen molar-refractivity contribution in [1.82, 2.24) is 9.78 Å². The Balaban J connectivity index is 3.11. The van der Waals surface area contributed by atoms with E-state index < -0.39 is 30.5 Å². The number of amides is 1. The fourth-order valence-corrected chi connectivity index (χ4v) is 0.979. The summed E-state index contributed by atoms with van der Waals surface area (Å²) in [7, 11) is 0. The van der Waals surface area contributed by atoms with Gasteiger partial charge in [-0.05, 0) is 0 Å². The minimum absolute atomic E-state index is 0.354. The first kappa shape index (κ1) is 11.1. The maximum absolute atomic E-state index is 12.0. The molecule has 0 unspecified atom stereocenters. The molecule has 0 spiro atoms. The normalized spacial score (nSPS) is 10.6. The van der Waals surface area contributed by atoms with Crippen LogP contribution in [0.5, 0.6) is 0 Å². The molecule has 0 fully saturated rings. The van der Waals surface area contributed by atoms with Crippen molar-refractivity contribution >= 4 is 11.9 Å². The highest BCUT2D eigenvalue weighted by atomic mass is 19.3. The van der Waals surface area contributed by atoms with E-state index in [1.165, 1.54) is 0 Å². The van der Waals surface area contributed by atoms with Crippen molar-refractivity contribution < 1.29 is 23.5 Å². The number of nitrogens with two attached hydrogens (primary N) is 1.